The Morgan fingerprint density at radius 1 is 1.18 bits per heavy atom. The molecule has 0 saturated heterocycles. The lowest BCUT2D eigenvalue weighted by atomic mass is 10.1. The summed E-state index contributed by atoms with van der Waals surface area (Å²) in [5.41, 5.74) is 7.28. The van der Waals surface area contributed by atoms with Gasteiger partial charge in [0.15, 0.2) is 0 Å². The number of nitriles is 1. The highest BCUT2D eigenvalue weighted by atomic mass is 35.5. The van der Waals surface area contributed by atoms with Crippen molar-refractivity contribution < 1.29 is 8.42 Å². The summed E-state index contributed by atoms with van der Waals surface area (Å²) in [5.74, 6) is 0. The van der Waals surface area contributed by atoms with Crippen LogP contribution < -0.4 is 10.5 Å². The Morgan fingerprint density at radius 3 is 2.50 bits per heavy atom. The summed E-state index contributed by atoms with van der Waals surface area (Å²) < 4.78 is 26.7. The van der Waals surface area contributed by atoms with E-state index in [9.17, 15) is 8.42 Å². The van der Waals surface area contributed by atoms with Crippen LogP contribution in [0.2, 0.25) is 5.02 Å². The van der Waals surface area contributed by atoms with Crippen molar-refractivity contribution in [3.8, 4) is 6.07 Å². The molecule has 0 heterocycles. The van der Waals surface area contributed by atoms with Gasteiger partial charge in [-0.15, -0.1) is 0 Å². The Balaban J connectivity index is 2.01. The number of hydrogen-bond acceptors (Lipinski definition) is 4. The first-order valence-corrected chi connectivity index (χ1v) is 8.32. The zero-order valence-electron chi connectivity index (χ0n) is 11.6. The maximum Gasteiger partial charge on any atom is 0.240 e. The minimum atomic E-state index is -3.57. The second kappa shape index (κ2) is 6.79. The Kier molecular flexibility index (Phi) is 5.03. The minimum absolute atomic E-state index is 0.159. The fourth-order valence-electron chi connectivity index (χ4n) is 1.88. The summed E-state index contributed by atoms with van der Waals surface area (Å²) in [6.45, 7) is 0.222. The number of rotatable bonds is 5. The number of nitrogens with zero attached hydrogens (tertiary/aromatic N) is 1. The number of hydrogen-bond donors (Lipinski definition) is 2. The SMILES string of the molecule is N#Cc1cc(CCNS(=O)(=O)c2ccc(Cl)cc2)ccc1N. The predicted octanol–water partition coefficient (Wildman–Crippen LogP) is 2.31. The third kappa shape index (κ3) is 3.98. The van der Waals surface area contributed by atoms with E-state index >= 15 is 0 Å². The average molecular weight is 336 g/mol. The molecule has 0 spiro atoms. The molecule has 114 valence electrons. The maximum atomic E-state index is 12.1. The van der Waals surface area contributed by atoms with Crippen molar-refractivity contribution in [1.82, 2.24) is 4.72 Å². The van der Waals surface area contributed by atoms with Gasteiger partial charge in [-0.2, -0.15) is 5.26 Å². The van der Waals surface area contributed by atoms with Crippen LogP contribution in [0.5, 0.6) is 0 Å². The van der Waals surface area contributed by atoms with E-state index in [2.05, 4.69) is 4.72 Å². The smallest absolute Gasteiger partial charge is 0.240 e. The monoisotopic (exact) mass is 335 g/mol. The van der Waals surface area contributed by atoms with Gasteiger partial charge in [0.25, 0.3) is 0 Å². The van der Waals surface area contributed by atoms with Crippen LogP contribution in [0.15, 0.2) is 47.4 Å². The van der Waals surface area contributed by atoms with Crippen LogP contribution in [0.4, 0.5) is 5.69 Å². The molecule has 2 aromatic rings. The summed E-state index contributed by atoms with van der Waals surface area (Å²) >= 11 is 5.74. The highest BCUT2D eigenvalue weighted by Crippen LogP contribution is 2.15. The molecule has 7 heteroatoms. The van der Waals surface area contributed by atoms with Gasteiger partial charge in [0.05, 0.1) is 10.5 Å². The van der Waals surface area contributed by atoms with Crippen molar-refractivity contribution in [1.29, 1.82) is 5.26 Å². The topological polar surface area (TPSA) is 96.0 Å². The summed E-state index contributed by atoms with van der Waals surface area (Å²) in [5, 5.41) is 9.39. The van der Waals surface area contributed by atoms with E-state index in [1.165, 1.54) is 24.3 Å². The highest BCUT2D eigenvalue weighted by molar-refractivity contribution is 7.89. The zero-order chi connectivity index (χ0) is 16.2. The van der Waals surface area contributed by atoms with E-state index < -0.39 is 10.0 Å². The number of nitrogens with two attached hydrogens (primary N) is 1. The van der Waals surface area contributed by atoms with Gasteiger partial charge in [0.2, 0.25) is 10.0 Å². The molecule has 0 saturated carbocycles. The molecule has 5 nitrogen and oxygen atoms in total. The first-order valence-electron chi connectivity index (χ1n) is 6.46. The molecule has 0 aliphatic heterocycles. The molecule has 0 aliphatic carbocycles. The highest BCUT2D eigenvalue weighted by Gasteiger charge is 2.13. The molecular formula is C15H14ClN3O2S. The Bertz CT molecular complexity index is 812. The van der Waals surface area contributed by atoms with Crippen LogP contribution in [-0.4, -0.2) is 15.0 Å². The molecular weight excluding hydrogens is 322 g/mol. The largest absolute Gasteiger partial charge is 0.398 e. The molecule has 0 aliphatic rings. The summed E-state index contributed by atoms with van der Waals surface area (Å²) in [7, 11) is -3.57. The Hall–Kier alpha value is -2.07. The van der Waals surface area contributed by atoms with Gasteiger partial charge in [-0.1, -0.05) is 17.7 Å². The fourth-order valence-corrected chi connectivity index (χ4v) is 3.04. The van der Waals surface area contributed by atoms with E-state index in [1.54, 1.807) is 18.2 Å². The number of nitrogens with one attached hydrogen (secondary N) is 1. The van der Waals surface area contributed by atoms with Crippen molar-refractivity contribution in [2.45, 2.75) is 11.3 Å². The van der Waals surface area contributed by atoms with Crippen LogP contribution in [0.25, 0.3) is 0 Å². The fraction of sp³-hybridized carbons (Fsp3) is 0.133. The first kappa shape index (κ1) is 16.3. The van der Waals surface area contributed by atoms with Crippen molar-refractivity contribution in [2.75, 3.05) is 12.3 Å². The molecule has 0 aromatic heterocycles. The molecule has 0 atom stereocenters. The molecule has 0 radical (unpaired) electrons. The van der Waals surface area contributed by atoms with E-state index in [-0.39, 0.29) is 11.4 Å². The van der Waals surface area contributed by atoms with Gasteiger partial charge >= 0.3 is 0 Å². The molecule has 2 aromatic carbocycles. The quantitative estimate of drug-likeness (QED) is 0.819. The summed E-state index contributed by atoms with van der Waals surface area (Å²) in [6, 6.07) is 13.0. The minimum Gasteiger partial charge on any atom is -0.398 e. The van der Waals surface area contributed by atoms with Crippen molar-refractivity contribution >= 4 is 27.3 Å². The molecule has 0 unspecified atom stereocenters. The normalized spacial score (nSPS) is 11.1. The third-order valence-electron chi connectivity index (χ3n) is 3.07. The lowest BCUT2D eigenvalue weighted by Gasteiger charge is -2.08. The second-order valence-corrected chi connectivity index (χ2v) is 6.84. The van der Waals surface area contributed by atoms with Crippen LogP contribution in [0.3, 0.4) is 0 Å². The van der Waals surface area contributed by atoms with Crippen molar-refractivity contribution in [3.63, 3.8) is 0 Å². The summed E-state index contributed by atoms with van der Waals surface area (Å²) in [6.07, 6.45) is 0.460. The Morgan fingerprint density at radius 2 is 1.86 bits per heavy atom. The number of halogens is 1. The molecule has 2 rings (SSSR count). The first-order chi connectivity index (χ1) is 10.4. The average Bonchev–Trinajstić information content (AvgIpc) is 2.49. The standard InChI is InChI=1S/C15H14ClN3O2S/c16-13-2-4-14(5-3-13)22(20,21)19-8-7-11-1-6-15(18)12(9-11)10-17/h1-6,9,19H,7-8,18H2. The molecule has 3 N–H and O–H groups in total. The molecule has 22 heavy (non-hydrogen) atoms. The van der Waals surface area contributed by atoms with Gasteiger partial charge in [-0.3, -0.25) is 0 Å². The lowest BCUT2D eigenvalue weighted by molar-refractivity contribution is 0.581. The van der Waals surface area contributed by atoms with Gasteiger partial charge < -0.3 is 5.73 Å². The van der Waals surface area contributed by atoms with E-state index in [0.29, 0.717) is 22.7 Å². The van der Waals surface area contributed by atoms with Gasteiger partial charge in [-0.25, -0.2) is 13.1 Å². The maximum absolute atomic E-state index is 12.1. The third-order valence-corrected chi connectivity index (χ3v) is 4.80. The molecule has 0 fully saturated rings. The van der Waals surface area contributed by atoms with Crippen molar-refractivity contribution in [3.05, 3.63) is 58.6 Å². The van der Waals surface area contributed by atoms with E-state index in [0.717, 1.165) is 5.56 Å². The van der Waals surface area contributed by atoms with Crippen LogP contribution >= 0.6 is 11.6 Å². The van der Waals surface area contributed by atoms with Gasteiger partial charge in [0, 0.05) is 17.3 Å². The molecule has 0 amide bonds. The summed E-state index contributed by atoms with van der Waals surface area (Å²) in [4.78, 5) is 0.159. The van der Waals surface area contributed by atoms with E-state index in [4.69, 9.17) is 22.6 Å². The number of benzene rings is 2. The number of nitrogen functional groups attached to an aromatic ring is 1. The Labute approximate surface area is 134 Å². The van der Waals surface area contributed by atoms with Crippen molar-refractivity contribution in [2.24, 2.45) is 0 Å². The zero-order valence-corrected chi connectivity index (χ0v) is 13.2. The second-order valence-electron chi connectivity index (χ2n) is 4.64. The van der Waals surface area contributed by atoms with Gasteiger partial charge in [-0.05, 0) is 48.4 Å². The lowest BCUT2D eigenvalue weighted by Crippen LogP contribution is -2.26. The molecule has 0 bridgehead atoms. The van der Waals surface area contributed by atoms with E-state index in [1.807, 2.05) is 6.07 Å². The van der Waals surface area contributed by atoms with Crippen LogP contribution in [0.1, 0.15) is 11.1 Å². The number of anilines is 1. The van der Waals surface area contributed by atoms with Gasteiger partial charge in [0.1, 0.15) is 6.07 Å². The number of sulfonamides is 1. The van der Waals surface area contributed by atoms with Crippen LogP contribution in [-0.2, 0) is 16.4 Å². The van der Waals surface area contributed by atoms with Crippen LogP contribution in [0, 0.1) is 11.3 Å². The predicted molar refractivity (Wildman–Crippen MR) is 85.9 cm³/mol.